The largest absolute Gasteiger partial charge is 0.456 e. The van der Waals surface area contributed by atoms with Gasteiger partial charge in [0.05, 0.1) is 0 Å². The van der Waals surface area contributed by atoms with Crippen LogP contribution in [0.1, 0.15) is 0 Å². The monoisotopic (exact) mass is 552 g/mol. The molecule has 0 atom stereocenters. The van der Waals surface area contributed by atoms with Gasteiger partial charge in [0.2, 0.25) is 0 Å². The molecule has 7 aromatic carbocycles. The van der Waals surface area contributed by atoms with Crippen molar-refractivity contribution in [2.24, 2.45) is 0 Å². The van der Waals surface area contributed by atoms with Crippen molar-refractivity contribution in [2.45, 2.75) is 0 Å². The molecule has 1 aliphatic heterocycles. The molecule has 1 nitrogen and oxygen atoms in total. The lowest BCUT2D eigenvalue weighted by Crippen LogP contribution is -1.97. The van der Waals surface area contributed by atoms with E-state index in [1.165, 1.54) is 69.9 Å². The number of thiophene rings is 1. The fourth-order valence-electron chi connectivity index (χ4n) is 6.58. The Bertz CT molecular complexity index is 2330. The average molecular weight is 553 g/mol. The van der Waals surface area contributed by atoms with E-state index in [4.69, 9.17) is 4.74 Å². The fraction of sp³-hybridized carbons (Fsp3) is 0. The standard InChI is InChI=1S/C40H24OS/c1-2-10-25(11-3-1)26-22-27(24-28(23-26)30-14-9-19-38-40(30)34-13-5-7-18-37(34)42-38)29-20-21-36-39-32(29)15-8-16-33(39)31-12-4-6-17-35(31)41-36/h1-24H. The Balaban J connectivity index is 1.33. The van der Waals surface area contributed by atoms with E-state index in [0.29, 0.717) is 0 Å². The van der Waals surface area contributed by atoms with E-state index in [9.17, 15) is 0 Å². The van der Waals surface area contributed by atoms with E-state index in [1.54, 1.807) is 0 Å². The third-order valence-electron chi connectivity index (χ3n) is 8.46. The highest BCUT2D eigenvalue weighted by Gasteiger charge is 2.22. The van der Waals surface area contributed by atoms with Gasteiger partial charge in [0.15, 0.2) is 0 Å². The molecule has 8 aromatic rings. The summed E-state index contributed by atoms with van der Waals surface area (Å²) in [5, 5.41) is 5.02. The molecule has 0 saturated heterocycles. The van der Waals surface area contributed by atoms with Crippen LogP contribution in [0.25, 0.3) is 75.5 Å². The highest BCUT2D eigenvalue weighted by atomic mass is 32.1. The minimum Gasteiger partial charge on any atom is -0.456 e. The lowest BCUT2D eigenvalue weighted by atomic mass is 9.88. The minimum atomic E-state index is 0.912. The first-order chi connectivity index (χ1) is 20.8. The van der Waals surface area contributed by atoms with Crippen LogP contribution in [0.4, 0.5) is 0 Å². The van der Waals surface area contributed by atoms with Gasteiger partial charge < -0.3 is 4.74 Å². The van der Waals surface area contributed by atoms with Gasteiger partial charge in [-0.05, 0) is 86.8 Å². The molecule has 42 heavy (non-hydrogen) atoms. The molecule has 0 amide bonds. The van der Waals surface area contributed by atoms with Crippen molar-refractivity contribution in [3.8, 4) is 56.0 Å². The Kier molecular flexibility index (Phi) is 5.13. The Morgan fingerprint density at radius 3 is 1.95 bits per heavy atom. The summed E-state index contributed by atoms with van der Waals surface area (Å²) in [6, 6.07) is 52.6. The third kappa shape index (κ3) is 3.56. The van der Waals surface area contributed by atoms with Crippen LogP contribution in [-0.2, 0) is 0 Å². The number of rotatable bonds is 3. The summed E-state index contributed by atoms with van der Waals surface area (Å²) in [6.45, 7) is 0. The maximum absolute atomic E-state index is 6.41. The van der Waals surface area contributed by atoms with E-state index in [-0.39, 0.29) is 0 Å². The molecular formula is C40H24OS. The maximum atomic E-state index is 6.41. The molecule has 0 spiro atoms. The lowest BCUT2D eigenvalue weighted by molar-refractivity contribution is 0.487. The zero-order valence-electron chi connectivity index (χ0n) is 22.7. The summed E-state index contributed by atoms with van der Waals surface area (Å²) >= 11 is 1.87. The second-order valence-corrected chi connectivity index (χ2v) is 12.0. The Hall–Kier alpha value is -5.18. The van der Waals surface area contributed by atoms with Gasteiger partial charge in [0.25, 0.3) is 0 Å². The molecule has 9 rings (SSSR count). The highest BCUT2D eigenvalue weighted by molar-refractivity contribution is 7.25. The molecule has 0 saturated carbocycles. The van der Waals surface area contributed by atoms with E-state index in [0.717, 1.165) is 17.1 Å². The van der Waals surface area contributed by atoms with E-state index >= 15 is 0 Å². The van der Waals surface area contributed by atoms with Crippen LogP contribution in [0.5, 0.6) is 11.5 Å². The normalized spacial score (nSPS) is 12.0. The minimum absolute atomic E-state index is 0.912. The third-order valence-corrected chi connectivity index (χ3v) is 9.60. The van der Waals surface area contributed by atoms with Crippen LogP contribution >= 0.6 is 11.3 Å². The first-order valence-corrected chi connectivity index (χ1v) is 15.1. The Morgan fingerprint density at radius 1 is 0.357 bits per heavy atom. The maximum Gasteiger partial charge on any atom is 0.135 e. The zero-order chi connectivity index (χ0) is 27.6. The van der Waals surface area contributed by atoms with Gasteiger partial charge in [-0.15, -0.1) is 11.3 Å². The van der Waals surface area contributed by atoms with Crippen LogP contribution in [0.2, 0.25) is 0 Å². The highest BCUT2D eigenvalue weighted by Crippen LogP contribution is 2.49. The number of hydrogen-bond donors (Lipinski definition) is 0. The summed E-state index contributed by atoms with van der Waals surface area (Å²) in [4.78, 5) is 0. The molecular weight excluding hydrogens is 529 g/mol. The number of hydrogen-bond acceptors (Lipinski definition) is 2. The number of fused-ring (bicyclic) bond motifs is 5. The van der Waals surface area contributed by atoms with Gasteiger partial charge in [-0.2, -0.15) is 0 Å². The number of ether oxygens (including phenoxy) is 1. The predicted molar refractivity (Wildman–Crippen MR) is 179 cm³/mol. The van der Waals surface area contributed by atoms with Gasteiger partial charge in [-0.25, -0.2) is 0 Å². The van der Waals surface area contributed by atoms with Gasteiger partial charge in [-0.1, -0.05) is 103 Å². The molecule has 0 bridgehead atoms. The molecule has 0 aliphatic carbocycles. The van der Waals surface area contributed by atoms with Crippen LogP contribution in [0.15, 0.2) is 146 Å². The first kappa shape index (κ1) is 23.5. The molecule has 2 heterocycles. The second kappa shape index (κ2) is 9.17. The molecule has 0 fully saturated rings. The van der Waals surface area contributed by atoms with Crippen LogP contribution in [-0.4, -0.2) is 0 Å². The molecule has 0 N–H and O–H groups in total. The predicted octanol–water partition coefficient (Wildman–Crippen LogP) is 12.0. The van der Waals surface area contributed by atoms with Crippen molar-refractivity contribution in [1.82, 2.24) is 0 Å². The second-order valence-electron chi connectivity index (χ2n) is 10.9. The average Bonchev–Trinajstić information content (AvgIpc) is 3.44. The van der Waals surface area contributed by atoms with Gasteiger partial charge in [0, 0.05) is 31.1 Å². The molecule has 0 unspecified atom stereocenters. The number of benzene rings is 7. The van der Waals surface area contributed by atoms with Gasteiger partial charge in [-0.3, -0.25) is 0 Å². The van der Waals surface area contributed by atoms with Crippen molar-refractivity contribution >= 4 is 42.3 Å². The molecule has 196 valence electrons. The molecule has 1 aliphatic rings. The summed E-state index contributed by atoms with van der Waals surface area (Å²) in [5.41, 5.74) is 9.68. The van der Waals surface area contributed by atoms with Crippen LogP contribution in [0.3, 0.4) is 0 Å². The van der Waals surface area contributed by atoms with Gasteiger partial charge >= 0.3 is 0 Å². The van der Waals surface area contributed by atoms with Crippen molar-refractivity contribution in [1.29, 1.82) is 0 Å². The molecule has 0 radical (unpaired) electrons. The van der Waals surface area contributed by atoms with E-state index in [2.05, 4.69) is 140 Å². The smallest absolute Gasteiger partial charge is 0.135 e. The Morgan fingerprint density at radius 2 is 1.02 bits per heavy atom. The van der Waals surface area contributed by atoms with Crippen molar-refractivity contribution in [3.63, 3.8) is 0 Å². The van der Waals surface area contributed by atoms with Crippen LogP contribution < -0.4 is 4.74 Å². The van der Waals surface area contributed by atoms with Crippen molar-refractivity contribution < 1.29 is 4.74 Å². The zero-order valence-corrected chi connectivity index (χ0v) is 23.5. The van der Waals surface area contributed by atoms with Crippen molar-refractivity contribution in [2.75, 3.05) is 0 Å². The molecule has 1 aromatic heterocycles. The van der Waals surface area contributed by atoms with Crippen molar-refractivity contribution in [3.05, 3.63) is 146 Å². The van der Waals surface area contributed by atoms with Gasteiger partial charge in [0.1, 0.15) is 11.5 Å². The summed E-state index contributed by atoms with van der Waals surface area (Å²) in [6.07, 6.45) is 0. The van der Waals surface area contributed by atoms with E-state index < -0.39 is 0 Å². The SMILES string of the molecule is c1ccc(-c2cc(-c3ccc4c5c(cccc35)-c3ccccc3O4)cc(-c3cccc4sc5ccccc5c34)c2)cc1. The van der Waals surface area contributed by atoms with Crippen LogP contribution in [0, 0.1) is 0 Å². The topological polar surface area (TPSA) is 9.23 Å². The summed E-state index contributed by atoms with van der Waals surface area (Å²) in [5.74, 6) is 1.83. The number of para-hydroxylation sites is 1. The van der Waals surface area contributed by atoms with E-state index in [1.807, 2.05) is 17.4 Å². The summed E-state index contributed by atoms with van der Waals surface area (Å²) < 4.78 is 9.05. The molecule has 2 heteroatoms. The fourth-order valence-corrected chi connectivity index (χ4v) is 7.72. The summed E-state index contributed by atoms with van der Waals surface area (Å²) in [7, 11) is 0. The Labute approximate surface area is 247 Å². The first-order valence-electron chi connectivity index (χ1n) is 14.3. The lowest BCUT2D eigenvalue weighted by Gasteiger charge is -2.22. The quantitative estimate of drug-likeness (QED) is 0.212.